The summed E-state index contributed by atoms with van der Waals surface area (Å²) in [5.41, 5.74) is -0.186. The minimum absolute atomic E-state index is 0.0123. The van der Waals surface area contributed by atoms with Gasteiger partial charge >= 0.3 is 6.09 Å². The zero-order chi connectivity index (χ0) is 32.2. The van der Waals surface area contributed by atoms with Gasteiger partial charge in [-0.15, -0.1) is 0 Å². The van der Waals surface area contributed by atoms with E-state index in [-0.39, 0.29) is 45.5 Å². The number of hydrogen-bond acceptors (Lipinski definition) is 6. The highest BCUT2D eigenvalue weighted by atomic mass is 16.6. The van der Waals surface area contributed by atoms with Crippen molar-refractivity contribution in [3.63, 3.8) is 0 Å². The lowest BCUT2D eigenvalue weighted by molar-refractivity contribution is -0.215. The topological polar surface area (TPSA) is 96.1 Å². The van der Waals surface area contributed by atoms with Crippen LogP contribution in [0.2, 0.25) is 0 Å². The van der Waals surface area contributed by atoms with Gasteiger partial charge in [0.05, 0.1) is 5.41 Å². The Labute approximate surface area is 266 Å². The van der Waals surface area contributed by atoms with Crippen molar-refractivity contribution in [3.8, 4) is 0 Å². The van der Waals surface area contributed by atoms with Crippen LogP contribution in [0.25, 0.3) is 0 Å². The Hall–Kier alpha value is -3.29. The molecule has 5 aliphatic carbocycles. The van der Waals surface area contributed by atoms with Crippen LogP contribution < -0.4 is 0 Å². The lowest BCUT2D eigenvalue weighted by Gasteiger charge is -2.71. The summed E-state index contributed by atoms with van der Waals surface area (Å²) in [5.74, 6) is 1.70. The van der Waals surface area contributed by atoms with E-state index in [4.69, 9.17) is 4.74 Å². The molecule has 240 valence electrons. The molecule has 0 spiro atoms. The maximum atomic E-state index is 14.3. The van der Waals surface area contributed by atoms with Gasteiger partial charge in [-0.1, -0.05) is 46.8 Å². The third kappa shape index (κ3) is 3.92. The highest BCUT2D eigenvalue weighted by Gasteiger charge is 2.72. The number of ether oxygens (including phenoxy) is 1. The summed E-state index contributed by atoms with van der Waals surface area (Å²) in [5, 5.41) is 0. The van der Waals surface area contributed by atoms with E-state index in [9.17, 15) is 14.4 Å². The molecule has 0 unspecified atom stereocenters. The molecule has 0 aromatic carbocycles. The molecule has 0 amide bonds. The summed E-state index contributed by atoms with van der Waals surface area (Å²) >= 11 is 0. The molecule has 45 heavy (non-hydrogen) atoms. The third-order valence-corrected chi connectivity index (χ3v) is 14.4. The predicted molar refractivity (Wildman–Crippen MR) is 170 cm³/mol. The third-order valence-electron chi connectivity index (χ3n) is 14.4. The van der Waals surface area contributed by atoms with Gasteiger partial charge in [0, 0.05) is 30.2 Å². The highest BCUT2D eigenvalue weighted by Crippen LogP contribution is 2.77. The van der Waals surface area contributed by atoms with E-state index < -0.39 is 16.9 Å². The van der Waals surface area contributed by atoms with Crippen LogP contribution in [0.15, 0.2) is 61.4 Å². The fourth-order valence-electron chi connectivity index (χ4n) is 12.2. The molecule has 0 radical (unpaired) electrons. The first kappa shape index (κ1) is 30.4. The first-order chi connectivity index (χ1) is 21.2. The van der Waals surface area contributed by atoms with E-state index in [0.29, 0.717) is 17.8 Å². The van der Waals surface area contributed by atoms with Crippen molar-refractivity contribution < 1.29 is 19.1 Å². The standard InChI is InChI=1S/C37H48N4O4/c1-23(2)24-10-13-37(31(43)40-18-16-38-21-40)15-14-35(6)25(29(24)37)8-9-28-34(5)20-26(45-32(44)41-19-17-39-22-41)30(42)33(3,4)27(34)11-12-36(28,35)7/h16-22,24-25,27-29H,1,8-15H2,2-7H3/t24-,25+,27-,28+,29+,34-,35+,36+,37-/m0/s1. The molecule has 4 fully saturated rings. The number of allylic oxidation sites excluding steroid dienone is 3. The molecule has 8 heteroatoms. The molecule has 2 heterocycles. The highest BCUT2D eigenvalue weighted by molar-refractivity contribution is 6.01. The molecule has 9 atom stereocenters. The minimum Gasteiger partial charge on any atom is -0.406 e. The van der Waals surface area contributed by atoms with Gasteiger partial charge in [-0.05, 0) is 110 Å². The molecule has 8 nitrogen and oxygen atoms in total. The SMILES string of the molecule is C=C(C)[C@@H]1CC[C@]2(C(=O)n3ccnc3)CC[C@]3(C)[C@H](CC[C@@H]4[C@@]5(C)C=C(OC(=O)n6ccnc6)C(=O)C(C)(C)[C@@H]5CC[C@]43C)[C@@H]12. The number of carbonyl (C=O) groups excluding carboxylic acids is 3. The van der Waals surface area contributed by atoms with E-state index in [1.807, 2.05) is 26.1 Å². The second kappa shape index (κ2) is 9.85. The lowest BCUT2D eigenvalue weighted by Crippen LogP contribution is -2.66. The molecule has 0 bridgehead atoms. The van der Waals surface area contributed by atoms with Crippen LogP contribution in [0.5, 0.6) is 0 Å². The Morgan fingerprint density at radius 1 is 0.867 bits per heavy atom. The smallest absolute Gasteiger partial charge is 0.406 e. The predicted octanol–water partition coefficient (Wildman–Crippen LogP) is 7.74. The van der Waals surface area contributed by atoms with Crippen molar-refractivity contribution in [2.75, 3.05) is 0 Å². The van der Waals surface area contributed by atoms with E-state index in [1.54, 1.807) is 17.1 Å². The molecule has 5 aliphatic rings. The van der Waals surface area contributed by atoms with Crippen LogP contribution in [-0.4, -0.2) is 36.9 Å². The second-order valence-corrected chi connectivity index (χ2v) is 16.4. The summed E-state index contributed by atoms with van der Waals surface area (Å²) in [4.78, 5) is 49.4. The number of rotatable bonds is 3. The first-order valence-corrected chi connectivity index (χ1v) is 16.9. The molecule has 2 aromatic heterocycles. The molecule has 0 N–H and O–H groups in total. The summed E-state index contributed by atoms with van der Waals surface area (Å²) in [6.45, 7) is 18.1. The molecular formula is C37H48N4O4. The summed E-state index contributed by atoms with van der Waals surface area (Å²) in [7, 11) is 0. The minimum atomic E-state index is -0.664. The van der Waals surface area contributed by atoms with E-state index in [0.717, 1.165) is 51.4 Å². The van der Waals surface area contributed by atoms with E-state index in [2.05, 4.69) is 44.2 Å². The number of Topliss-reactive ketones (excluding diaryl/α,β-unsaturated/α-hetero) is 1. The molecule has 7 rings (SSSR count). The van der Waals surface area contributed by atoms with Crippen LogP contribution in [0.1, 0.15) is 97.7 Å². The fraction of sp³-hybridized carbons (Fsp3) is 0.649. The normalized spacial score (nSPS) is 41.6. The van der Waals surface area contributed by atoms with E-state index >= 15 is 0 Å². The Balaban J connectivity index is 1.29. The van der Waals surface area contributed by atoms with Gasteiger partial charge in [-0.2, -0.15) is 0 Å². The lowest BCUT2D eigenvalue weighted by atomic mass is 9.33. The first-order valence-electron chi connectivity index (χ1n) is 16.9. The number of carbonyl (C=O) groups is 3. The van der Waals surface area contributed by atoms with Gasteiger partial charge in [0.25, 0.3) is 0 Å². The Morgan fingerprint density at radius 2 is 1.56 bits per heavy atom. The van der Waals surface area contributed by atoms with Crippen molar-refractivity contribution in [2.45, 2.75) is 92.9 Å². The van der Waals surface area contributed by atoms with E-state index in [1.165, 1.54) is 28.9 Å². The number of ketones is 1. The summed E-state index contributed by atoms with van der Waals surface area (Å²) in [6.07, 6.45) is 18.9. The summed E-state index contributed by atoms with van der Waals surface area (Å²) < 4.78 is 8.86. The van der Waals surface area contributed by atoms with Gasteiger partial charge in [0.1, 0.15) is 12.7 Å². The van der Waals surface area contributed by atoms with Crippen LogP contribution in [0.4, 0.5) is 4.79 Å². The van der Waals surface area contributed by atoms with Crippen LogP contribution in [0.3, 0.4) is 0 Å². The van der Waals surface area contributed by atoms with Gasteiger partial charge in [-0.25, -0.2) is 19.3 Å². The average molecular weight is 613 g/mol. The number of aromatic nitrogens is 4. The van der Waals surface area contributed by atoms with Crippen molar-refractivity contribution >= 4 is 17.8 Å². The zero-order valence-corrected chi connectivity index (χ0v) is 27.7. The van der Waals surface area contributed by atoms with Crippen molar-refractivity contribution in [3.05, 3.63) is 61.4 Å². The van der Waals surface area contributed by atoms with Crippen LogP contribution in [-0.2, 0) is 9.53 Å². The van der Waals surface area contributed by atoms with Crippen molar-refractivity contribution in [2.24, 2.45) is 56.7 Å². The van der Waals surface area contributed by atoms with Gasteiger partial charge < -0.3 is 4.74 Å². The molecule has 0 saturated heterocycles. The number of fused-ring (bicyclic) bond motifs is 7. The van der Waals surface area contributed by atoms with Gasteiger partial charge in [0.15, 0.2) is 5.76 Å². The van der Waals surface area contributed by atoms with Gasteiger partial charge in [-0.3, -0.25) is 14.2 Å². The fourth-order valence-corrected chi connectivity index (χ4v) is 12.2. The quantitative estimate of drug-likeness (QED) is 0.329. The molecule has 2 aromatic rings. The Morgan fingerprint density at radius 3 is 2.20 bits per heavy atom. The largest absolute Gasteiger partial charge is 0.424 e. The molecular weight excluding hydrogens is 564 g/mol. The van der Waals surface area contributed by atoms with Crippen molar-refractivity contribution in [1.29, 1.82) is 0 Å². The Bertz CT molecular complexity index is 1590. The average Bonchev–Trinajstić information content (AvgIpc) is 3.77. The maximum absolute atomic E-state index is 14.3. The van der Waals surface area contributed by atoms with Crippen molar-refractivity contribution in [1.82, 2.24) is 19.1 Å². The summed E-state index contributed by atoms with van der Waals surface area (Å²) in [6, 6.07) is 0. The maximum Gasteiger partial charge on any atom is 0.424 e. The van der Waals surface area contributed by atoms with Crippen LogP contribution in [0, 0.1) is 56.7 Å². The Kier molecular flexibility index (Phi) is 6.65. The zero-order valence-electron chi connectivity index (χ0n) is 27.7. The van der Waals surface area contributed by atoms with Crippen LogP contribution >= 0.6 is 0 Å². The number of hydrogen-bond donors (Lipinski definition) is 0. The monoisotopic (exact) mass is 612 g/mol. The second-order valence-electron chi connectivity index (χ2n) is 16.4. The molecule has 4 saturated carbocycles. The molecule has 0 aliphatic heterocycles. The number of imidazole rings is 2. The number of nitrogens with zero attached hydrogens (tertiary/aromatic N) is 4. The van der Waals surface area contributed by atoms with Gasteiger partial charge in [0.2, 0.25) is 11.7 Å².